The second kappa shape index (κ2) is 4.33. The summed E-state index contributed by atoms with van der Waals surface area (Å²) in [5, 5.41) is 8.32. The zero-order chi connectivity index (χ0) is 11.5. The highest BCUT2D eigenvalue weighted by Crippen LogP contribution is 2.37. The number of hydrogen-bond donors (Lipinski definition) is 1. The van der Waals surface area contributed by atoms with Gasteiger partial charge in [0.05, 0.1) is 5.92 Å². The number of aliphatic carboxylic acids is 1. The Morgan fingerprint density at radius 3 is 2.73 bits per heavy atom. The number of carboxylic acid groups (broad SMARTS) is 1. The fourth-order valence-electron chi connectivity index (χ4n) is 1.31. The number of rotatable bonds is 2. The van der Waals surface area contributed by atoms with Crippen molar-refractivity contribution in [2.75, 3.05) is 0 Å². The van der Waals surface area contributed by atoms with E-state index in [2.05, 4.69) is 0 Å². The van der Waals surface area contributed by atoms with Crippen molar-refractivity contribution in [3.05, 3.63) is 36.0 Å². The molecule has 0 aromatic carbocycles. The maximum atomic E-state index is 12.5. The summed E-state index contributed by atoms with van der Waals surface area (Å²) < 4.78 is 37.4. The highest BCUT2D eigenvalue weighted by molar-refractivity contribution is 5.80. The van der Waals surface area contributed by atoms with E-state index in [9.17, 15) is 18.0 Å². The fourth-order valence-corrected chi connectivity index (χ4v) is 1.31. The van der Waals surface area contributed by atoms with Crippen molar-refractivity contribution in [3.8, 4) is 0 Å². The topological polar surface area (TPSA) is 37.3 Å². The van der Waals surface area contributed by atoms with Gasteiger partial charge in [-0.05, 0) is 12.0 Å². The van der Waals surface area contributed by atoms with Gasteiger partial charge in [0.25, 0.3) is 0 Å². The minimum Gasteiger partial charge on any atom is -0.478 e. The lowest BCUT2D eigenvalue weighted by molar-refractivity contribution is -0.162. The molecule has 1 aliphatic carbocycles. The molecular weight excluding hydrogens is 209 g/mol. The van der Waals surface area contributed by atoms with Crippen molar-refractivity contribution in [1.29, 1.82) is 0 Å². The van der Waals surface area contributed by atoms with Crippen LogP contribution < -0.4 is 0 Å². The highest BCUT2D eigenvalue weighted by atomic mass is 19.4. The number of carbonyl (C=O) groups is 1. The van der Waals surface area contributed by atoms with Crippen LogP contribution in [0.5, 0.6) is 0 Å². The van der Waals surface area contributed by atoms with E-state index in [1.165, 1.54) is 18.2 Å². The number of carboxylic acids is 1. The molecule has 0 bridgehead atoms. The molecule has 0 saturated carbocycles. The fraction of sp³-hybridized carbons (Fsp3) is 0.300. The van der Waals surface area contributed by atoms with E-state index >= 15 is 0 Å². The Bertz CT molecular complexity index is 337. The zero-order valence-electron chi connectivity index (χ0n) is 7.66. The lowest BCUT2D eigenvalue weighted by Gasteiger charge is -2.21. The van der Waals surface area contributed by atoms with Crippen molar-refractivity contribution in [3.63, 3.8) is 0 Å². The van der Waals surface area contributed by atoms with Gasteiger partial charge in [0, 0.05) is 6.08 Å². The summed E-state index contributed by atoms with van der Waals surface area (Å²) in [5.41, 5.74) is -0.0209. The molecule has 0 aromatic rings. The molecule has 0 aliphatic heterocycles. The largest absolute Gasteiger partial charge is 0.478 e. The Labute approximate surface area is 84.4 Å². The normalized spacial score (nSPS) is 21.8. The Balaban J connectivity index is 2.87. The van der Waals surface area contributed by atoms with E-state index in [0.29, 0.717) is 6.08 Å². The van der Waals surface area contributed by atoms with E-state index in [1.54, 1.807) is 0 Å². The van der Waals surface area contributed by atoms with Crippen LogP contribution in [0.3, 0.4) is 0 Å². The molecule has 5 heteroatoms. The molecule has 0 aromatic heterocycles. The van der Waals surface area contributed by atoms with Crippen LogP contribution in [-0.2, 0) is 4.79 Å². The van der Waals surface area contributed by atoms with Gasteiger partial charge in [-0.15, -0.1) is 0 Å². The predicted molar refractivity (Wildman–Crippen MR) is 48.2 cm³/mol. The van der Waals surface area contributed by atoms with Crippen molar-refractivity contribution in [2.24, 2.45) is 5.92 Å². The molecule has 15 heavy (non-hydrogen) atoms. The van der Waals surface area contributed by atoms with Gasteiger partial charge in [-0.2, -0.15) is 13.2 Å². The predicted octanol–water partition coefficient (Wildman–Crippen LogP) is 2.69. The number of alkyl halides is 3. The highest BCUT2D eigenvalue weighted by Gasteiger charge is 2.40. The summed E-state index contributed by atoms with van der Waals surface area (Å²) in [6.07, 6.45) is 1.41. The second-order valence-corrected chi connectivity index (χ2v) is 3.10. The minimum atomic E-state index is -4.33. The molecule has 0 spiro atoms. The first kappa shape index (κ1) is 11.6. The Morgan fingerprint density at radius 1 is 1.53 bits per heavy atom. The van der Waals surface area contributed by atoms with Crippen LogP contribution in [0.15, 0.2) is 36.0 Å². The van der Waals surface area contributed by atoms with Gasteiger partial charge in [0.1, 0.15) is 0 Å². The quantitative estimate of drug-likeness (QED) is 0.723. The van der Waals surface area contributed by atoms with Crippen molar-refractivity contribution in [2.45, 2.75) is 12.6 Å². The van der Waals surface area contributed by atoms with Crippen LogP contribution in [0, 0.1) is 5.92 Å². The Hall–Kier alpha value is -1.52. The average Bonchev–Trinajstić information content (AvgIpc) is 2.13. The van der Waals surface area contributed by atoms with Crippen LogP contribution in [-0.4, -0.2) is 17.3 Å². The van der Waals surface area contributed by atoms with Crippen molar-refractivity contribution in [1.82, 2.24) is 0 Å². The molecule has 0 fully saturated rings. The Kier molecular flexibility index (Phi) is 3.34. The van der Waals surface area contributed by atoms with Crippen LogP contribution in [0.1, 0.15) is 6.42 Å². The van der Waals surface area contributed by atoms with Gasteiger partial charge in [-0.1, -0.05) is 24.3 Å². The van der Waals surface area contributed by atoms with Crippen LogP contribution in [0.4, 0.5) is 13.2 Å². The average molecular weight is 218 g/mol. The molecule has 1 aliphatic rings. The zero-order valence-corrected chi connectivity index (χ0v) is 7.66. The minimum absolute atomic E-state index is 0.0209. The van der Waals surface area contributed by atoms with Gasteiger partial charge in [0.15, 0.2) is 0 Å². The number of hydrogen-bond acceptors (Lipinski definition) is 1. The lowest BCUT2D eigenvalue weighted by atomic mass is 9.90. The van der Waals surface area contributed by atoms with Crippen LogP contribution in [0.2, 0.25) is 0 Å². The smallest absolute Gasteiger partial charge is 0.396 e. The first-order valence-corrected chi connectivity index (χ1v) is 4.25. The second-order valence-electron chi connectivity index (χ2n) is 3.10. The molecule has 0 amide bonds. The molecule has 1 rings (SSSR count). The number of allylic oxidation sites excluding steroid dienone is 5. The monoisotopic (exact) mass is 218 g/mol. The van der Waals surface area contributed by atoms with E-state index in [1.807, 2.05) is 0 Å². The first-order valence-electron chi connectivity index (χ1n) is 4.25. The summed E-state index contributed by atoms with van der Waals surface area (Å²) in [6.45, 7) is 0. The van der Waals surface area contributed by atoms with Crippen LogP contribution in [0.25, 0.3) is 0 Å². The summed E-state index contributed by atoms with van der Waals surface area (Å²) >= 11 is 0. The SMILES string of the molecule is O=C(O)/C=C/C1=CC=CCC1C(F)(F)F. The third-order valence-corrected chi connectivity index (χ3v) is 2.01. The molecule has 82 valence electrons. The standard InChI is InChI=1S/C10H9F3O2/c11-10(12,13)8-4-2-1-3-7(8)5-6-9(14)15/h1-3,5-6,8H,4H2,(H,14,15)/b6-5+. The molecule has 1 N–H and O–H groups in total. The van der Waals surface area contributed by atoms with Gasteiger partial charge in [-0.3, -0.25) is 0 Å². The van der Waals surface area contributed by atoms with E-state index in [0.717, 1.165) is 6.08 Å². The molecule has 0 radical (unpaired) electrons. The maximum Gasteiger partial charge on any atom is 0.396 e. The maximum absolute atomic E-state index is 12.5. The molecule has 1 unspecified atom stereocenters. The third-order valence-electron chi connectivity index (χ3n) is 2.01. The lowest BCUT2D eigenvalue weighted by Crippen LogP contribution is -2.24. The Morgan fingerprint density at radius 2 is 2.20 bits per heavy atom. The first-order chi connectivity index (χ1) is 6.91. The van der Waals surface area contributed by atoms with E-state index in [-0.39, 0.29) is 12.0 Å². The van der Waals surface area contributed by atoms with Gasteiger partial charge in [0.2, 0.25) is 0 Å². The third kappa shape index (κ3) is 3.27. The molecular formula is C10H9F3O2. The van der Waals surface area contributed by atoms with E-state index in [4.69, 9.17) is 5.11 Å². The summed E-state index contributed by atoms with van der Waals surface area (Å²) in [6, 6.07) is 0. The summed E-state index contributed by atoms with van der Waals surface area (Å²) in [5.74, 6) is -2.86. The van der Waals surface area contributed by atoms with Crippen molar-refractivity contribution < 1.29 is 23.1 Å². The van der Waals surface area contributed by atoms with Crippen LogP contribution >= 0.6 is 0 Å². The number of halogens is 3. The summed E-state index contributed by atoms with van der Waals surface area (Å²) in [4.78, 5) is 10.2. The molecule has 0 heterocycles. The molecule has 0 saturated heterocycles. The van der Waals surface area contributed by atoms with Gasteiger partial charge in [-0.25, -0.2) is 4.79 Å². The molecule has 1 atom stereocenters. The molecule has 2 nitrogen and oxygen atoms in total. The van der Waals surface area contributed by atoms with Crippen molar-refractivity contribution >= 4 is 5.97 Å². The summed E-state index contributed by atoms with van der Waals surface area (Å²) in [7, 11) is 0. The van der Waals surface area contributed by atoms with Gasteiger partial charge < -0.3 is 5.11 Å². The van der Waals surface area contributed by atoms with Gasteiger partial charge >= 0.3 is 12.1 Å². The van der Waals surface area contributed by atoms with E-state index < -0.39 is 18.1 Å².